The van der Waals surface area contributed by atoms with Gasteiger partial charge in [0.2, 0.25) is 5.91 Å². The third kappa shape index (κ3) is 4.43. The first-order valence-electron chi connectivity index (χ1n) is 8.39. The summed E-state index contributed by atoms with van der Waals surface area (Å²) in [5, 5.41) is 3.47. The second-order valence-corrected chi connectivity index (χ2v) is 7.77. The fourth-order valence-electron chi connectivity index (χ4n) is 3.31. The Morgan fingerprint density at radius 3 is 2.96 bits per heavy atom. The lowest BCUT2D eigenvalue weighted by molar-refractivity contribution is -0.119. The third-order valence-corrected chi connectivity index (χ3v) is 5.74. The molecule has 23 heavy (non-hydrogen) atoms. The fourth-order valence-corrected chi connectivity index (χ4v) is 4.26. The van der Waals surface area contributed by atoms with Crippen LogP contribution in [0, 0.1) is 0 Å². The van der Waals surface area contributed by atoms with Gasteiger partial charge in [-0.1, -0.05) is 26.0 Å². The highest BCUT2D eigenvalue weighted by atomic mass is 35.5. The minimum Gasteiger partial charge on any atom is -0.312 e. The van der Waals surface area contributed by atoms with Crippen molar-refractivity contribution in [3.63, 3.8) is 0 Å². The van der Waals surface area contributed by atoms with Gasteiger partial charge in [0.1, 0.15) is 0 Å². The smallest absolute Gasteiger partial charge is 0.228 e. The van der Waals surface area contributed by atoms with Gasteiger partial charge in [-0.2, -0.15) is 11.8 Å². The van der Waals surface area contributed by atoms with Crippen LogP contribution >= 0.6 is 24.2 Å². The number of nitrogens with zero attached hydrogens (tertiary/aromatic N) is 1. The second kappa shape index (κ2) is 8.41. The van der Waals surface area contributed by atoms with Crippen LogP contribution in [0.1, 0.15) is 43.7 Å². The van der Waals surface area contributed by atoms with Gasteiger partial charge in [-0.25, -0.2) is 0 Å². The number of aryl methyl sites for hydroxylation is 1. The van der Waals surface area contributed by atoms with Crippen LogP contribution in [0.4, 0.5) is 5.69 Å². The maximum absolute atomic E-state index is 12.7. The summed E-state index contributed by atoms with van der Waals surface area (Å²) >= 11 is 1.95. The highest BCUT2D eigenvalue weighted by molar-refractivity contribution is 7.99. The average molecular weight is 355 g/mol. The van der Waals surface area contributed by atoms with Crippen molar-refractivity contribution in [1.82, 2.24) is 5.32 Å². The molecule has 1 amide bonds. The highest BCUT2D eigenvalue weighted by Crippen LogP contribution is 2.31. The summed E-state index contributed by atoms with van der Waals surface area (Å²) in [6.45, 7) is 6.34. The Morgan fingerprint density at radius 2 is 2.26 bits per heavy atom. The molecule has 1 atom stereocenters. The number of hydrogen-bond acceptors (Lipinski definition) is 3. The molecule has 3 rings (SSSR count). The molecule has 1 aromatic carbocycles. The minimum absolute atomic E-state index is 0. The van der Waals surface area contributed by atoms with Crippen LogP contribution in [0.3, 0.4) is 0 Å². The van der Waals surface area contributed by atoms with E-state index in [1.807, 2.05) is 16.7 Å². The fraction of sp³-hybridized carbons (Fsp3) is 0.611. The Kier molecular flexibility index (Phi) is 6.81. The van der Waals surface area contributed by atoms with E-state index in [0.29, 0.717) is 18.4 Å². The van der Waals surface area contributed by atoms with Crippen LogP contribution in [0.25, 0.3) is 0 Å². The second-order valence-electron chi connectivity index (χ2n) is 6.62. The summed E-state index contributed by atoms with van der Waals surface area (Å²) in [6, 6.07) is 6.98. The maximum atomic E-state index is 12.7. The van der Waals surface area contributed by atoms with Crippen molar-refractivity contribution in [2.24, 2.45) is 0 Å². The van der Waals surface area contributed by atoms with E-state index in [1.165, 1.54) is 11.1 Å². The zero-order chi connectivity index (χ0) is 15.5. The van der Waals surface area contributed by atoms with E-state index in [9.17, 15) is 4.79 Å². The Labute approximate surface area is 150 Å². The number of amides is 1. The van der Waals surface area contributed by atoms with Gasteiger partial charge in [0.15, 0.2) is 0 Å². The van der Waals surface area contributed by atoms with E-state index in [-0.39, 0.29) is 18.3 Å². The van der Waals surface area contributed by atoms with Gasteiger partial charge >= 0.3 is 0 Å². The van der Waals surface area contributed by atoms with Crippen molar-refractivity contribution in [2.45, 2.75) is 45.1 Å². The molecule has 1 unspecified atom stereocenters. The zero-order valence-corrected chi connectivity index (χ0v) is 15.6. The van der Waals surface area contributed by atoms with Gasteiger partial charge in [-0.3, -0.25) is 4.79 Å². The van der Waals surface area contributed by atoms with Crippen LogP contribution in [0.15, 0.2) is 18.2 Å². The molecule has 1 aromatic rings. The average Bonchev–Trinajstić information content (AvgIpc) is 2.54. The molecule has 5 heteroatoms. The number of carbonyl (C=O) groups is 1. The summed E-state index contributed by atoms with van der Waals surface area (Å²) in [7, 11) is 0. The van der Waals surface area contributed by atoms with Crippen LogP contribution < -0.4 is 10.2 Å². The first kappa shape index (κ1) is 18.6. The summed E-state index contributed by atoms with van der Waals surface area (Å²) in [4.78, 5) is 14.7. The Bertz CT molecular complexity index is 544. The maximum Gasteiger partial charge on any atom is 0.228 e. The number of benzene rings is 1. The molecule has 1 saturated heterocycles. The molecule has 0 saturated carbocycles. The Hall–Kier alpha value is -0.710. The number of rotatable bonds is 3. The van der Waals surface area contributed by atoms with Crippen LogP contribution in [-0.4, -0.2) is 36.5 Å². The molecule has 2 aliphatic rings. The van der Waals surface area contributed by atoms with Crippen molar-refractivity contribution in [3.05, 3.63) is 29.3 Å². The topological polar surface area (TPSA) is 32.3 Å². The van der Waals surface area contributed by atoms with Gasteiger partial charge in [-0.05, 0) is 36.0 Å². The summed E-state index contributed by atoms with van der Waals surface area (Å²) in [6.07, 6.45) is 2.79. The van der Waals surface area contributed by atoms with E-state index in [4.69, 9.17) is 0 Å². The number of hydrogen-bond donors (Lipinski definition) is 1. The van der Waals surface area contributed by atoms with Crippen LogP contribution in [0.2, 0.25) is 0 Å². The number of halogens is 1. The molecule has 0 bridgehead atoms. The molecule has 1 N–H and O–H groups in total. The predicted molar refractivity (Wildman–Crippen MR) is 102 cm³/mol. The molecule has 0 radical (unpaired) electrons. The molecule has 0 aromatic heterocycles. The van der Waals surface area contributed by atoms with Crippen molar-refractivity contribution in [1.29, 1.82) is 0 Å². The van der Waals surface area contributed by atoms with Gasteiger partial charge in [0, 0.05) is 42.7 Å². The number of carbonyl (C=O) groups excluding carboxylic acids is 1. The zero-order valence-electron chi connectivity index (χ0n) is 14.0. The molecule has 0 aliphatic carbocycles. The molecule has 2 heterocycles. The molecular weight excluding hydrogens is 328 g/mol. The minimum atomic E-state index is 0. The molecule has 3 nitrogen and oxygen atoms in total. The van der Waals surface area contributed by atoms with Crippen LogP contribution in [0.5, 0.6) is 0 Å². The van der Waals surface area contributed by atoms with E-state index in [1.54, 1.807) is 0 Å². The van der Waals surface area contributed by atoms with Gasteiger partial charge in [0.25, 0.3) is 0 Å². The SMILES string of the molecule is CC(C)c1ccc2c(c1)CCCN2C(=O)CC1CSCCN1.Cl. The van der Waals surface area contributed by atoms with E-state index < -0.39 is 0 Å². The largest absolute Gasteiger partial charge is 0.312 e. The highest BCUT2D eigenvalue weighted by Gasteiger charge is 2.25. The number of fused-ring (bicyclic) bond motifs is 1. The van der Waals surface area contributed by atoms with Crippen molar-refractivity contribution >= 4 is 35.8 Å². The monoisotopic (exact) mass is 354 g/mol. The van der Waals surface area contributed by atoms with E-state index >= 15 is 0 Å². The number of nitrogens with one attached hydrogen (secondary N) is 1. The lowest BCUT2D eigenvalue weighted by Crippen LogP contribution is -2.44. The number of thioether (sulfide) groups is 1. The van der Waals surface area contributed by atoms with E-state index in [0.717, 1.165) is 43.1 Å². The molecular formula is C18H27ClN2OS. The number of anilines is 1. The molecule has 1 fully saturated rings. The lowest BCUT2D eigenvalue weighted by atomic mass is 9.94. The first-order valence-corrected chi connectivity index (χ1v) is 9.55. The first-order chi connectivity index (χ1) is 10.6. The van der Waals surface area contributed by atoms with Crippen molar-refractivity contribution in [2.75, 3.05) is 29.5 Å². The third-order valence-electron chi connectivity index (χ3n) is 4.61. The predicted octanol–water partition coefficient (Wildman–Crippen LogP) is 3.61. The van der Waals surface area contributed by atoms with Crippen LogP contribution in [-0.2, 0) is 11.2 Å². The van der Waals surface area contributed by atoms with Crippen molar-refractivity contribution in [3.8, 4) is 0 Å². The molecule has 0 spiro atoms. The normalized spacial score (nSPS) is 20.8. The molecule has 128 valence electrons. The lowest BCUT2D eigenvalue weighted by Gasteiger charge is -2.32. The van der Waals surface area contributed by atoms with Gasteiger partial charge in [0.05, 0.1) is 0 Å². The molecule has 2 aliphatic heterocycles. The van der Waals surface area contributed by atoms with Crippen molar-refractivity contribution < 1.29 is 4.79 Å². The standard InChI is InChI=1S/C18H26N2OS.ClH/c1-13(2)14-5-6-17-15(10-14)4-3-8-20(17)18(21)11-16-12-22-9-7-19-16;/h5-6,10,13,16,19H,3-4,7-9,11-12H2,1-2H3;1H. The van der Waals surface area contributed by atoms with E-state index in [2.05, 4.69) is 37.4 Å². The summed E-state index contributed by atoms with van der Waals surface area (Å²) in [5.41, 5.74) is 3.86. The quantitative estimate of drug-likeness (QED) is 0.900. The Morgan fingerprint density at radius 1 is 1.43 bits per heavy atom. The van der Waals surface area contributed by atoms with Gasteiger partial charge < -0.3 is 10.2 Å². The summed E-state index contributed by atoms with van der Waals surface area (Å²) in [5.74, 6) is 3.03. The summed E-state index contributed by atoms with van der Waals surface area (Å²) < 4.78 is 0. The Balaban J connectivity index is 0.00000192. The van der Waals surface area contributed by atoms with Gasteiger partial charge in [-0.15, -0.1) is 12.4 Å².